The summed E-state index contributed by atoms with van der Waals surface area (Å²) in [4.78, 5) is 17.4. The highest BCUT2D eigenvalue weighted by Crippen LogP contribution is 2.44. The van der Waals surface area contributed by atoms with Crippen LogP contribution in [0.15, 0.2) is 46.4 Å². The van der Waals surface area contributed by atoms with Gasteiger partial charge in [0.05, 0.1) is 18.5 Å². The maximum atomic E-state index is 12.7. The number of rotatable bonds is 5. The number of amides is 1. The number of aryl methyl sites for hydroxylation is 1. The van der Waals surface area contributed by atoms with Crippen LogP contribution in [0.25, 0.3) is 11.3 Å². The van der Waals surface area contributed by atoms with Crippen molar-refractivity contribution in [1.29, 1.82) is 0 Å². The van der Waals surface area contributed by atoms with Crippen LogP contribution in [-0.4, -0.2) is 15.5 Å². The van der Waals surface area contributed by atoms with Gasteiger partial charge >= 0.3 is 0 Å². The van der Waals surface area contributed by atoms with E-state index in [4.69, 9.17) is 9.40 Å². The first-order valence-electron chi connectivity index (χ1n) is 9.72. The van der Waals surface area contributed by atoms with Crippen LogP contribution in [0.5, 0.6) is 0 Å². The molecule has 3 atom stereocenters. The van der Waals surface area contributed by atoms with E-state index in [-0.39, 0.29) is 11.8 Å². The molecule has 2 aliphatic carbocycles. The molecule has 5 nitrogen and oxygen atoms in total. The van der Waals surface area contributed by atoms with Gasteiger partial charge in [-0.05, 0) is 56.7 Å². The molecule has 28 heavy (non-hydrogen) atoms. The molecule has 0 unspecified atom stereocenters. The number of hydrogen-bond acceptors (Lipinski definition) is 4. The fraction of sp³-hybridized carbons (Fsp3) is 0.364. The van der Waals surface area contributed by atoms with Gasteiger partial charge in [-0.3, -0.25) is 4.79 Å². The van der Waals surface area contributed by atoms with Crippen LogP contribution in [0, 0.1) is 31.6 Å². The zero-order chi connectivity index (χ0) is 19.3. The van der Waals surface area contributed by atoms with Crippen LogP contribution in [-0.2, 0) is 11.3 Å². The number of nitrogens with zero attached hydrogens (tertiary/aromatic N) is 2. The summed E-state index contributed by atoms with van der Waals surface area (Å²) in [5, 5.41) is 5.75. The summed E-state index contributed by atoms with van der Waals surface area (Å²) in [7, 11) is 0. The molecule has 3 aromatic heterocycles. The Morgan fingerprint density at radius 2 is 2.25 bits per heavy atom. The third-order valence-corrected chi connectivity index (χ3v) is 6.85. The molecule has 3 heterocycles. The fourth-order valence-electron chi connectivity index (χ4n) is 4.60. The Hall–Kier alpha value is -2.60. The number of anilines is 1. The quantitative estimate of drug-likeness (QED) is 0.619. The second-order valence-electron chi connectivity index (χ2n) is 7.86. The highest BCUT2D eigenvalue weighted by Gasteiger charge is 2.39. The van der Waals surface area contributed by atoms with Crippen LogP contribution in [0.1, 0.15) is 30.0 Å². The van der Waals surface area contributed by atoms with E-state index in [2.05, 4.69) is 41.9 Å². The van der Waals surface area contributed by atoms with Crippen LogP contribution in [0.3, 0.4) is 0 Å². The van der Waals surface area contributed by atoms with Gasteiger partial charge in [0.1, 0.15) is 5.76 Å². The first kappa shape index (κ1) is 17.5. The van der Waals surface area contributed by atoms with Crippen molar-refractivity contribution >= 4 is 22.4 Å². The molecule has 3 aromatic rings. The number of allylic oxidation sites excluding steroid dienone is 2. The molecule has 1 fully saturated rings. The largest absolute Gasteiger partial charge is 0.467 e. The average molecular weight is 394 g/mol. The van der Waals surface area contributed by atoms with Crippen molar-refractivity contribution in [2.45, 2.75) is 33.2 Å². The van der Waals surface area contributed by atoms with E-state index in [1.165, 1.54) is 11.3 Å². The lowest BCUT2D eigenvalue weighted by atomic mass is 9.93. The van der Waals surface area contributed by atoms with E-state index in [1.54, 1.807) is 6.26 Å². The van der Waals surface area contributed by atoms with E-state index in [0.717, 1.165) is 41.2 Å². The van der Waals surface area contributed by atoms with E-state index in [9.17, 15) is 4.79 Å². The Morgan fingerprint density at radius 1 is 1.36 bits per heavy atom. The zero-order valence-corrected chi connectivity index (χ0v) is 16.8. The predicted octanol–water partition coefficient (Wildman–Crippen LogP) is 5.02. The van der Waals surface area contributed by atoms with Crippen LogP contribution < -0.4 is 5.32 Å². The minimum atomic E-state index is 0.0979. The molecule has 5 rings (SSSR count). The summed E-state index contributed by atoms with van der Waals surface area (Å²) in [5.74, 6) is 2.14. The molecule has 6 heteroatoms. The molecule has 2 bridgehead atoms. The Kier molecular flexibility index (Phi) is 4.23. The highest BCUT2D eigenvalue weighted by atomic mass is 32.1. The van der Waals surface area contributed by atoms with Gasteiger partial charge in [-0.25, -0.2) is 4.98 Å². The number of carbonyl (C=O) groups excluding carboxylic acids is 1. The van der Waals surface area contributed by atoms with Crippen molar-refractivity contribution in [2.75, 3.05) is 5.32 Å². The van der Waals surface area contributed by atoms with E-state index >= 15 is 0 Å². The van der Waals surface area contributed by atoms with Crippen LogP contribution in [0.4, 0.5) is 5.13 Å². The number of thiazole rings is 1. The number of nitrogens with one attached hydrogen (secondary N) is 1. The van der Waals surface area contributed by atoms with Gasteiger partial charge in [0.15, 0.2) is 5.13 Å². The molecule has 0 spiro atoms. The Morgan fingerprint density at radius 3 is 2.96 bits per heavy atom. The lowest BCUT2D eigenvalue weighted by Gasteiger charge is -2.16. The van der Waals surface area contributed by atoms with Gasteiger partial charge in [0.25, 0.3) is 0 Å². The number of hydrogen-bond donors (Lipinski definition) is 1. The topological polar surface area (TPSA) is 60.1 Å². The second-order valence-corrected chi connectivity index (χ2v) is 8.72. The van der Waals surface area contributed by atoms with Gasteiger partial charge in [0, 0.05) is 28.2 Å². The Labute approximate surface area is 168 Å². The van der Waals surface area contributed by atoms with Gasteiger partial charge in [0.2, 0.25) is 5.91 Å². The molecule has 2 aliphatic rings. The summed E-state index contributed by atoms with van der Waals surface area (Å²) in [6.45, 7) is 4.90. The molecule has 0 aromatic carbocycles. The minimum Gasteiger partial charge on any atom is -0.467 e. The monoisotopic (exact) mass is 393 g/mol. The summed E-state index contributed by atoms with van der Waals surface area (Å²) in [6.07, 6.45) is 8.27. The number of aromatic nitrogens is 2. The first-order chi connectivity index (χ1) is 13.6. The highest BCUT2D eigenvalue weighted by molar-refractivity contribution is 7.14. The smallest absolute Gasteiger partial charge is 0.229 e. The van der Waals surface area contributed by atoms with Gasteiger partial charge in [-0.2, -0.15) is 0 Å². The second kappa shape index (κ2) is 6.78. The summed E-state index contributed by atoms with van der Waals surface area (Å²) in [5.41, 5.74) is 4.32. The maximum absolute atomic E-state index is 12.7. The van der Waals surface area contributed by atoms with E-state index in [1.807, 2.05) is 17.5 Å². The lowest BCUT2D eigenvalue weighted by molar-refractivity contribution is -0.120. The molecule has 1 saturated carbocycles. The summed E-state index contributed by atoms with van der Waals surface area (Å²) in [6, 6.07) is 6.05. The number of carbonyl (C=O) groups is 1. The van der Waals surface area contributed by atoms with Crippen molar-refractivity contribution < 1.29 is 9.21 Å². The van der Waals surface area contributed by atoms with Gasteiger partial charge in [-0.1, -0.05) is 12.2 Å². The Bertz CT molecular complexity index is 1040. The van der Waals surface area contributed by atoms with Crippen molar-refractivity contribution in [3.05, 3.63) is 59.1 Å². The van der Waals surface area contributed by atoms with Gasteiger partial charge < -0.3 is 14.3 Å². The summed E-state index contributed by atoms with van der Waals surface area (Å²) < 4.78 is 7.72. The number of furan rings is 1. The molecule has 0 saturated heterocycles. The standard InChI is InChI=1S/C22H23N3O2S/c1-13-8-18(14(2)25(13)11-17-4-3-7-27-17)20-12-28-22(23-20)24-21(26)19-10-15-5-6-16(19)9-15/h3-8,12,15-16,19H,9-11H2,1-2H3,(H,23,24,26)/t15-,16-,19+/m0/s1. The predicted molar refractivity (Wildman–Crippen MR) is 110 cm³/mol. The third-order valence-electron chi connectivity index (χ3n) is 6.09. The average Bonchev–Trinajstić information content (AvgIpc) is 3.49. The van der Waals surface area contributed by atoms with Crippen LogP contribution >= 0.6 is 11.3 Å². The normalized spacial score (nSPS) is 22.9. The molecule has 0 aliphatic heterocycles. The molecular formula is C22H23N3O2S. The van der Waals surface area contributed by atoms with Crippen LogP contribution in [0.2, 0.25) is 0 Å². The summed E-state index contributed by atoms with van der Waals surface area (Å²) >= 11 is 1.49. The molecular weight excluding hydrogens is 370 g/mol. The van der Waals surface area contributed by atoms with E-state index in [0.29, 0.717) is 23.5 Å². The van der Waals surface area contributed by atoms with Gasteiger partial charge in [-0.15, -0.1) is 11.3 Å². The first-order valence-corrected chi connectivity index (χ1v) is 10.6. The Balaban J connectivity index is 1.33. The van der Waals surface area contributed by atoms with Crippen molar-refractivity contribution in [2.24, 2.45) is 17.8 Å². The van der Waals surface area contributed by atoms with E-state index < -0.39 is 0 Å². The van der Waals surface area contributed by atoms with Crippen molar-refractivity contribution in [3.63, 3.8) is 0 Å². The minimum absolute atomic E-state index is 0.0979. The fourth-order valence-corrected chi connectivity index (χ4v) is 5.31. The van der Waals surface area contributed by atoms with Crippen molar-refractivity contribution in [3.8, 4) is 11.3 Å². The zero-order valence-electron chi connectivity index (χ0n) is 16.0. The SMILES string of the molecule is Cc1cc(-c2csc(NC(=O)[C@@H]3C[C@H]4C=C[C@H]3C4)n2)c(C)n1Cc1ccco1. The third kappa shape index (κ3) is 3.02. The molecule has 1 N–H and O–H groups in total. The molecule has 144 valence electrons. The maximum Gasteiger partial charge on any atom is 0.229 e. The number of fused-ring (bicyclic) bond motifs is 2. The molecule has 0 radical (unpaired) electrons. The lowest BCUT2D eigenvalue weighted by Crippen LogP contribution is -2.25. The van der Waals surface area contributed by atoms with Crippen molar-refractivity contribution in [1.82, 2.24) is 9.55 Å². The molecule has 1 amide bonds.